The van der Waals surface area contributed by atoms with Crippen LogP contribution in [0.1, 0.15) is 46.0 Å². The Balaban J connectivity index is 0.00000200. The van der Waals surface area contributed by atoms with E-state index in [1.807, 2.05) is 4.90 Å². The highest BCUT2D eigenvalue weighted by molar-refractivity contribution is 5.86. The third kappa shape index (κ3) is 6.31. The fourth-order valence-electron chi connectivity index (χ4n) is 3.28. The molecule has 1 aliphatic carbocycles. The predicted octanol–water partition coefficient (Wildman–Crippen LogP) is 2.29. The molecule has 2 aliphatic rings. The topological polar surface area (TPSA) is 49.6 Å². The Morgan fingerprint density at radius 1 is 1.05 bits per heavy atom. The Kier molecular flexibility index (Phi) is 9.17. The molecule has 1 aliphatic heterocycles. The second-order valence-electron chi connectivity index (χ2n) is 6.82. The van der Waals surface area contributed by atoms with Gasteiger partial charge in [0.1, 0.15) is 0 Å². The standard InChI is InChI=1S/C15H29N3O.2ClH/c1-15(2,16)14(19)18-10-8-17(9-11-18)12-13-6-4-3-5-7-13;;/h13H,3-12,16H2,1-2H3;2*1H. The Labute approximate surface area is 141 Å². The predicted molar refractivity (Wildman–Crippen MR) is 92.4 cm³/mol. The van der Waals surface area contributed by atoms with Crippen LogP contribution < -0.4 is 5.73 Å². The molecule has 2 N–H and O–H groups in total. The lowest BCUT2D eigenvalue weighted by Crippen LogP contribution is -2.57. The lowest BCUT2D eigenvalue weighted by molar-refractivity contribution is -0.137. The van der Waals surface area contributed by atoms with Crippen molar-refractivity contribution in [3.05, 3.63) is 0 Å². The zero-order chi connectivity index (χ0) is 13.9. The number of amides is 1. The average Bonchev–Trinajstić information content (AvgIpc) is 2.39. The highest BCUT2D eigenvalue weighted by Gasteiger charge is 2.30. The second kappa shape index (κ2) is 9.19. The van der Waals surface area contributed by atoms with Gasteiger partial charge in [-0.25, -0.2) is 0 Å². The fraction of sp³-hybridized carbons (Fsp3) is 0.933. The Morgan fingerprint density at radius 3 is 2.05 bits per heavy atom. The lowest BCUT2D eigenvalue weighted by atomic mass is 9.89. The van der Waals surface area contributed by atoms with E-state index in [9.17, 15) is 4.79 Å². The molecule has 0 aromatic heterocycles. The summed E-state index contributed by atoms with van der Waals surface area (Å²) in [7, 11) is 0. The molecule has 6 heteroatoms. The van der Waals surface area contributed by atoms with Crippen LogP contribution in [0.5, 0.6) is 0 Å². The van der Waals surface area contributed by atoms with Crippen LogP contribution in [0.15, 0.2) is 0 Å². The van der Waals surface area contributed by atoms with Gasteiger partial charge in [0.25, 0.3) is 0 Å². The molecule has 2 fully saturated rings. The highest BCUT2D eigenvalue weighted by Crippen LogP contribution is 2.24. The van der Waals surface area contributed by atoms with E-state index in [1.54, 1.807) is 13.8 Å². The van der Waals surface area contributed by atoms with E-state index in [0.717, 1.165) is 32.1 Å². The van der Waals surface area contributed by atoms with Crippen LogP contribution in [0.4, 0.5) is 0 Å². The smallest absolute Gasteiger partial charge is 0.242 e. The third-order valence-corrected chi connectivity index (χ3v) is 4.45. The van der Waals surface area contributed by atoms with Crippen molar-refractivity contribution in [1.29, 1.82) is 0 Å². The fourth-order valence-corrected chi connectivity index (χ4v) is 3.28. The molecule has 126 valence electrons. The molecule has 0 spiro atoms. The van der Waals surface area contributed by atoms with Gasteiger partial charge in [0, 0.05) is 32.7 Å². The van der Waals surface area contributed by atoms with Gasteiger partial charge in [0.2, 0.25) is 5.91 Å². The van der Waals surface area contributed by atoms with Crippen LogP contribution in [-0.2, 0) is 4.79 Å². The van der Waals surface area contributed by atoms with Crippen molar-refractivity contribution in [2.45, 2.75) is 51.5 Å². The van der Waals surface area contributed by atoms with Crippen LogP contribution in [0.25, 0.3) is 0 Å². The largest absolute Gasteiger partial charge is 0.339 e. The van der Waals surface area contributed by atoms with E-state index < -0.39 is 5.54 Å². The molecule has 4 nitrogen and oxygen atoms in total. The van der Waals surface area contributed by atoms with Gasteiger partial charge in [-0.2, -0.15) is 0 Å². The van der Waals surface area contributed by atoms with Crippen LogP contribution in [-0.4, -0.2) is 54.0 Å². The minimum absolute atomic E-state index is 0. The van der Waals surface area contributed by atoms with E-state index in [0.29, 0.717) is 0 Å². The maximum Gasteiger partial charge on any atom is 0.242 e. The zero-order valence-corrected chi connectivity index (χ0v) is 15.0. The summed E-state index contributed by atoms with van der Waals surface area (Å²) in [6.07, 6.45) is 7.03. The molecule has 1 amide bonds. The third-order valence-electron chi connectivity index (χ3n) is 4.45. The quantitative estimate of drug-likeness (QED) is 0.858. The molecule has 21 heavy (non-hydrogen) atoms. The highest BCUT2D eigenvalue weighted by atomic mass is 35.5. The number of halogens is 2. The summed E-state index contributed by atoms with van der Waals surface area (Å²) in [4.78, 5) is 16.6. The first-order chi connectivity index (χ1) is 8.97. The summed E-state index contributed by atoms with van der Waals surface area (Å²) in [6, 6.07) is 0. The van der Waals surface area contributed by atoms with Gasteiger partial charge < -0.3 is 10.6 Å². The molecular weight excluding hydrogens is 309 g/mol. The Bertz CT molecular complexity index is 307. The molecule has 2 rings (SSSR count). The van der Waals surface area contributed by atoms with E-state index in [-0.39, 0.29) is 30.7 Å². The molecule has 0 atom stereocenters. The number of nitrogens with zero attached hydrogens (tertiary/aromatic N) is 2. The summed E-state index contributed by atoms with van der Waals surface area (Å²) >= 11 is 0. The first-order valence-electron chi connectivity index (χ1n) is 7.77. The van der Waals surface area contributed by atoms with E-state index >= 15 is 0 Å². The Morgan fingerprint density at radius 2 is 1.57 bits per heavy atom. The van der Waals surface area contributed by atoms with Gasteiger partial charge in [0.05, 0.1) is 5.54 Å². The SMILES string of the molecule is CC(C)(N)C(=O)N1CCN(CC2CCCCC2)CC1.Cl.Cl. The molecule has 0 unspecified atom stereocenters. The van der Waals surface area contributed by atoms with Gasteiger partial charge in [0.15, 0.2) is 0 Å². The van der Waals surface area contributed by atoms with Crippen molar-refractivity contribution in [2.24, 2.45) is 11.7 Å². The maximum absolute atomic E-state index is 12.1. The van der Waals surface area contributed by atoms with Crippen molar-refractivity contribution in [3.8, 4) is 0 Å². The molecule has 1 saturated carbocycles. The number of carbonyl (C=O) groups excluding carboxylic acids is 1. The van der Waals surface area contributed by atoms with Gasteiger partial charge in [-0.15, -0.1) is 24.8 Å². The maximum atomic E-state index is 12.1. The van der Waals surface area contributed by atoms with E-state index in [2.05, 4.69) is 4.90 Å². The molecule has 0 radical (unpaired) electrons. The molecule has 0 bridgehead atoms. The summed E-state index contributed by atoms with van der Waals surface area (Å²) in [5.41, 5.74) is 5.16. The molecule has 0 aromatic rings. The number of hydrogen-bond donors (Lipinski definition) is 1. The van der Waals surface area contributed by atoms with Crippen molar-refractivity contribution >= 4 is 30.7 Å². The van der Waals surface area contributed by atoms with Gasteiger partial charge >= 0.3 is 0 Å². The van der Waals surface area contributed by atoms with Crippen molar-refractivity contribution in [3.63, 3.8) is 0 Å². The number of piperazine rings is 1. The number of nitrogens with two attached hydrogens (primary N) is 1. The van der Waals surface area contributed by atoms with Crippen LogP contribution >= 0.6 is 24.8 Å². The molecular formula is C15H31Cl2N3O. The second-order valence-corrected chi connectivity index (χ2v) is 6.82. The lowest BCUT2D eigenvalue weighted by Gasteiger charge is -2.39. The van der Waals surface area contributed by atoms with Crippen molar-refractivity contribution < 1.29 is 4.79 Å². The van der Waals surface area contributed by atoms with Gasteiger partial charge in [-0.1, -0.05) is 19.3 Å². The summed E-state index contributed by atoms with van der Waals surface area (Å²) in [5, 5.41) is 0. The minimum atomic E-state index is -0.731. The summed E-state index contributed by atoms with van der Waals surface area (Å²) in [5.74, 6) is 0.978. The molecule has 1 saturated heterocycles. The van der Waals surface area contributed by atoms with Crippen LogP contribution in [0.2, 0.25) is 0 Å². The van der Waals surface area contributed by atoms with Crippen molar-refractivity contribution in [2.75, 3.05) is 32.7 Å². The number of hydrogen-bond acceptors (Lipinski definition) is 3. The first kappa shape index (κ1) is 21.0. The van der Waals surface area contributed by atoms with Crippen molar-refractivity contribution in [1.82, 2.24) is 9.80 Å². The minimum Gasteiger partial charge on any atom is -0.339 e. The van der Waals surface area contributed by atoms with Gasteiger partial charge in [-0.05, 0) is 32.6 Å². The monoisotopic (exact) mass is 339 g/mol. The van der Waals surface area contributed by atoms with Gasteiger partial charge in [-0.3, -0.25) is 9.69 Å². The summed E-state index contributed by atoms with van der Waals surface area (Å²) in [6.45, 7) is 8.52. The Hall–Kier alpha value is -0.0300. The average molecular weight is 340 g/mol. The van der Waals surface area contributed by atoms with Crippen LogP contribution in [0, 0.1) is 5.92 Å². The number of rotatable bonds is 3. The van der Waals surface area contributed by atoms with Crippen LogP contribution in [0.3, 0.4) is 0 Å². The normalized spacial score (nSPS) is 21.4. The van der Waals surface area contributed by atoms with E-state index in [4.69, 9.17) is 5.73 Å². The first-order valence-corrected chi connectivity index (χ1v) is 7.77. The number of carbonyl (C=O) groups is 1. The summed E-state index contributed by atoms with van der Waals surface area (Å²) < 4.78 is 0. The van der Waals surface area contributed by atoms with E-state index in [1.165, 1.54) is 38.6 Å². The zero-order valence-electron chi connectivity index (χ0n) is 13.3. The molecule has 1 heterocycles. The molecule has 0 aromatic carbocycles.